The van der Waals surface area contributed by atoms with Gasteiger partial charge in [0.25, 0.3) is 0 Å². The van der Waals surface area contributed by atoms with E-state index >= 15 is 0 Å². The number of nitrogens with zero attached hydrogens (tertiary/aromatic N) is 1. The van der Waals surface area contributed by atoms with Gasteiger partial charge in [0.1, 0.15) is 5.54 Å². The normalized spacial score (nSPS) is 31.2. The molecule has 1 unspecified atom stereocenters. The molecule has 0 spiro atoms. The van der Waals surface area contributed by atoms with E-state index in [0.717, 1.165) is 0 Å². The van der Waals surface area contributed by atoms with E-state index in [0.29, 0.717) is 19.4 Å². The molecule has 0 N–H and O–H groups in total. The van der Waals surface area contributed by atoms with Gasteiger partial charge in [-0.2, -0.15) is 13.2 Å². The average molecular weight is 195 g/mol. The lowest BCUT2D eigenvalue weighted by molar-refractivity contribution is -0.222. The van der Waals surface area contributed by atoms with Crippen LogP contribution in [0.5, 0.6) is 0 Å². The quantitative estimate of drug-likeness (QED) is 0.655. The van der Waals surface area contributed by atoms with E-state index in [-0.39, 0.29) is 12.8 Å². The Labute approximate surface area is 76.9 Å². The van der Waals surface area contributed by atoms with E-state index in [1.807, 2.05) is 0 Å². The molecule has 1 saturated heterocycles. The van der Waals surface area contributed by atoms with Crippen LogP contribution in [0.3, 0.4) is 0 Å². The van der Waals surface area contributed by atoms with Crippen LogP contribution in [0.15, 0.2) is 0 Å². The molecule has 0 aromatic rings. The van der Waals surface area contributed by atoms with Crippen molar-refractivity contribution in [1.29, 1.82) is 0 Å². The topological polar surface area (TPSA) is 3.24 Å². The molecule has 78 valence electrons. The summed E-state index contributed by atoms with van der Waals surface area (Å²) in [6.45, 7) is 2.37. The number of halogens is 3. The molecule has 1 nitrogen and oxygen atoms in total. The van der Waals surface area contributed by atoms with Gasteiger partial charge in [-0.3, -0.25) is 4.90 Å². The highest BCUT2D eigenvalue weighted by molar-refractivity contribution is 4.99. The van der Waals surface area contributed by atoms with Crippen LogP contribution < -0.4 is 0 Å². The van der Waals surface area contributed by atoms with Gasteiger partial charge in [0.15, 0.2) is 0 Å². The third-order valence-corrected chi connectivity index (χ3v) is 3.01. The highest BCUT2D eigenvalue weighted by Crippen LogP contribution is 2.45. The Morgan fingerprint density at radius 1 is 1.38 bits per heavy atom. The third-order valence-electron chi connectivity index (χ3n) is 3.01. The van der Waals surface area contributed by atoms with Crippen LogP contribution >= 0.6 is 0 Å². The molecular weight excluding hydrogens is 179 g/mol. The number of likely N-dealkylation sites (tertiary alicyclic amines) is 1. The smallest absolute Gasteiger partial charge is 0.293 e. The summed E-state index contributed by atoms with van der Waals surface area (Å²) < 4.78 is 38.4. The second kappa shape index (κ2) is 3.48. The van der Waals surface area contributed by atoms with Crippen molar-refractivity contribution in [3.05, 3.63) is 0 Å². The highest BCUT2D eigenvalue weighted by atomic mass is 19.4. The van der Waals surface area contributed by atoms with E-state index in [1.54, 1.807) is 14.0 Å². The SMILES string of the molecule is CCCC1(C(F)(F)F)CCCN1C. The molecule has 1 fully saturated rings. The van der Waals surface area contributed by atoms with Crippen LogP contribution in [-0.2, 0) is 0 Å². The zero-order chi connectivity index (χ0) is 10.1. The van der Waals surface area contributed by atoms with Crippen molar-refractivity contribution >= 4 is 0 Å². The van der Waals surface area contributed by atoms with E-state index in [2.05, 4.69) is 0 Å². The monoisotopic (exact) mass is 195 g/mol. The Balaban J connectivity index is 2.87. The first-order valence-electron chi connectivity index (χ1n) is 4.72. The van der Waals surface area contributed by atoms with Crippen molar-refractivity contribution in [2.24, 2.45) is 0 Å². The first-order valence-corrected chi connectivity index (χ1v) is 4.72. The molecule has 0 radical (unpaired) electrons. The lowest BCUT2D eigenvalue weighted by Gasteiger charge is -2.37. The zero-order valence-corrected chi connectivity index (χ0v) is 8.12. The summed E-state index contributed by atoms with van der Waals surface area (Å²) in [5, 5.41) is 0. The molecule has 1 rings (SSSR count). The summed E-state index contributed by atoms with van der Waals surface area (Å²) in [7, 11) is 1.58. The molecule has 1 aliphatic rings. The first-order chi connectivity index (χ1) is 5.94. The molecule has 0 amide bonds. The second-order valence-electron chi connectivity index (χ2n) is 3.80. The van der Waals surface area contributed by atoms with Crippen molar-refractivity contribution in [2.75, 3.05) is 13.6 Å². The first kappa shape index (κ1) is 10.8. The van der Waals surface area contributed by atoms with E-state index in [9.17, 15) is 13.2 Å². The van der Waals surface area contributed by atoms with E-state index in [4.69, 9.17) is 0 Å². The van der Waals surface area contributed by atoms with Gasteiger partial charge < -0.3 is 0 Å². The Bertz CT molecular complexity index is 178. The maximum absolute atomic E-state index is 12.8. The van der Waals surface area contributed by atoms with Crippen LogP contribution in [0.2, 0.25) is 0 Å². The Hall–Kier alpha value is -0.250. The predicted molar refractivity (Wildman–Crippen MR) is 45.6 cm³/mol. The zero-order valence-electron chi connectivity index (χ0n) is 8.12. The molecule has 0 saturated carbocycles. The van der Waals surface area contributed by atoms with Crippen molar-refractivity contribution < 1.29 is 13.2 Å². The van der Waals surface area contributed by atoms with Crippen LogP contribution in [0.1, 0.15) is 32.6 Å². The minimum atomic E-state index is -4.08. The Morgan fingerprint density at radius 3 is 2.31 bits per heavy atom. The molecule has 0 bridgehead atoms. The van der Waals surface area contributed by atoms with Gasteiger partial charge in [-0.05, 0) is 32.9 Å². The molecule has 1 heterocycles. The summed E-state index contributed by atoms with van der Waals surface area (Å²) >= 11 is 0. The maximum Gasteiger partial charge on any atom is 0.406 e. The second-order valence-corrected chi connectivity index (χ2v) is 3.80. The lowest BCUT2D eigenvalue weighted by Crippen LogP contribution is -2.53. The summed E-state index contributed by atoms with van der Waals surface area (Å²) in [5.41, 5.74) is -1.53. The fourth-order valence-electron chi connectivity index (χ4n) is 2.24. The van der Waals surface area contributed by atoms with Crippen molar-refractivity contribution in [3.63, 3.8) is 0 Å². The van der Waals surface area contributed by atoms with Crippen LogP contribution in [0.25, 0.3) is 0 Å². The highest BCUT2D eigenvalue weighted by Gasteiger charge is 2.58. The predicted octanol–water partition coefficient (Wildman–Crippen LogP) is 2.81. The molecule has 13 heavy (non-hydrogen) atoms. The number of hydrogen-bond acceptors (Lipinski definition) is 1. The molecular formula is C9H16F3N. The number of alkyl halides is 3. The van der Waals surface area contributed by atoms with Gasteiger partial charge in [-0.25, -0.2) is 0 Å². The van der Waals surface area contributed by atoms with Gasteiger partial charge in [0.2, 0.25) is 0 Å². The van der Waals surface area contributed by atoms with Gasteiger partial charge in [-0.15, -0.1) is 0 Å². The van der Waals surface area contributed by atoms with Gasteiger partial charge in [0, 0.05) is 0 Å². The minimum absolute atomic E-state index is 0.229. The molecule has 0 aliphatic carbocycles. The lowest BCUT2D eigenvalue weighted by atomic mass is 9.90. The Kier molecular flexibility index (Phi) is 2.90. The van der Waals surface area contributed by atoms with Gasteiger partial charge in [-0.1, -0.05) is 13.3 Å². The molecule has 0 aromatic heterocycles. The molecule has 1 aliphatic heterocycles. The van der Waals surface area contributed by atoms with Gasteiger partial charge >= 0.3 is 6.18 Å². The Morgan fingerprint density at radius 2 is 2.00 bits per heavy atom. The fraction of sp³-hybridized carbons (Fsp3) is 1.00. The maximum atomic E-state index is 12.8. The van der Waals surface area contributed by atoms with Crippen LogP contribution in [0, 0.1) is 0 Å². The summed E-state index contributed by atoms with van der Waals surface area (Å²) in [6.07, 6.45) is -2.33. The van der Waals surface area contributed by atoms with Crippen molar-refractivity contribution in [2.45, 2.75) is 44.3 Å². The fourth-order valence-corrected chi connectivity index (χ4v) is 2.24. The van der Waals surface area contributed by atoms with Crippen LogP contribution in [-0.4, -0.2) is 30.2 Å². The van der Waals surface area contributed by atoms with Crippen molar-refractivity contribution in [3.8, 4) is 0 Å². The van der Waals surface area contributed by atoms with E-state index in [1.165, 1.54) is 4.90 Å². The molecule has 4 heteroatoms. The van der Waals surface area contributed by atoms with Crippen molar-refractivity contribution in [1.82, 2.24) is 4.90 Å². The summed E-state index contributed by atoms with van der Waals surface area (Å²) in [4.78, 5) is 1.47. The van der Waals surface area contributed by atoms with Gasteiger partial charge in [0.05, 0.1) is 0 Å². The summed E-state index contributed by atoms with van der Waals surface area (Å²) in [6, 6.07) is 0. The molecule has 0 aromatic carbocycles. The third kappa shape index (κ3) is 1.68. The standard InChI is InChI=1S/C9H16F3N/c1-3-5-8(9(10,11)12)6-4-7-13(8)2/h3-7H2,1-2H3. The molecule has 1 atom stereocenters. The van der Waals surface area contributed by atoms with Crippen LogP contribution in [0.4, 0.5) is 13.2 Å². The number of rotatable bonds is 2. The largest absolute Gasteiger partial charge is 0.406 e. The minimum Gasteiger partial charge on any atom is -0.293 e. The number of hydrogen-bond donors (Lipinski definition) is 0. The average Bonchev–Trinajstić information content (AvgIpc) is 2.33. The van der Waals surface area contributed by atoms with E-state index < -0.39 is 11.7 Å². The summed E-state index contributed by atoms with van der Waals surface area (Å²) in [5.74, 6) is 0.